The van der Waals surface area contributed by atoms with Gasteiger partial charge < -0.3 is 23.8 Å². The van der Waals surface area contributed by atoms with Crippen molar-refractivity contribution in [1.29, 1.82) is 0 Å². The molecule has 2 aromatic heterocycles. The standard InChI is InChI=1S/C26H37N5O5/c1-16-12-30(25(34)36-26(3,4)5)17(2)11-29(16)22-21-19(14-32)13-31(23(21)28-15-27-22)20-9-7-8-18(10-20)24(33)35-6/h13-18,20H,7-12H2,1-6H3/t16?,17-,18?,20?/m0/s1. The smallest absolute Gasteiger partial charge is 0.410 e. The summed E-state index contributed by atoms with van der Waals surface area (Å²) in [5.74, 6) is 0.339. The van der Waals surface area contributed by atoms with Crippen molar-refractivity contribution in [3.05, 3.63) is 18.1 Å². The third-order valence-electron chi connectivity index (χ3n) is 7.21. The fourth-order valence-electron chi connectivity index (χ4n) is 5.48. The lowest BCUT2D eigenvalue weighted by molar-refractivity contribution is -0.147. The number of ether oxygens (including phenoxy) is 2. The Morgan fingerprint density at radius 2 is 1.86 bits per heavy atom. The zero-order valence-electron chi connectivity index (χ0n) is 22.1. The highest BCUT2D eigenvalue weighted by Gasteiger charge is 2.37. The van der Waals surface area contributed by atoms with Crippen LogP contribution in [0.2, 0.25) is 0 Å². The molecule has 2 aliphatic rings. The van der Waals surface area contributed by atoms with E-state index < -0.39 is 5.60 Å². The maximum absolute atomic E-state index is 12.8. The number of aldehydes is 1. The van der Waals surface area contributed by atoms with Gasteiger partial charge in [0, 0.05) is 43.0 Å². The van der Waals surface area contributed by atoms with Gasteiger partial charge in [0.15, 0.2) is 6.29 Å². The Bertz CT molecular complexity index is 1140. The predicted molar refractivity (Wildman–Crippen MR) is 135 cm³/mol. The maximum Gasteiger partial charge on any atom is 0.410 e. The Hall–Kier alpha value is -3.17. The molecule has 1 amide bonds. The minimum Gasteiger partial charge on any atom is -0.469 e. The van der Waals surface area contributed by atoms with Gasteiger partial charge >= 0.3 is 12.1 Å². The quantitative estimate of drug-likeness (QED) is 0.459. The molecule has 0 aromatic carbocycles. The van der Waals surface area contributed by atoms with E-state index in [0.29, 0.717) is 41.9 Å². The summed E-state index contributed by atoms with van der Waals surface area (Å²) in [4.78, 5) is 50.2. The lowest BCUT2D eigenvalue weighted by Gasteiger charge is -2.44. The monoisotopic (exact) mass is 499 g/mol. The van der Waals surface area contributed by atoms with Crippen molar-refractivity contribution < 1.29 is 23.9 Å². The van der Waals surface area contributed by atoms with Crippen molar-refractivity contribution in [1.82, 2.24) is 19.4 Å². The van der Waals surface area contributed by atoms with Gasteiger partial charge in [0.1, 0.15) is 23.4 Å². The van der Waals surface area contributed by atoms with E-state index in [1.165, 1.54) is 13.4 Å². The molecule has 1 saturated carbocycles. The fourth-order valence-corrected chi connectivity index (χ4v) is 5.48. The van der Waals surface area contributed by atoms with E-state index in [2.05, 4.69) is 14.9 Å². The van der Waals surface area contributed by atoms with E-state index in [4.69, 9.17) is 9.47 Å². The number of carbonyl (C=O) groups excluding carboxylic acids is 3. The van der Waals surface area contributed by atoms with Crippen LogP contribution in [0.15, 0.2) is 12.5 Å². The first-order valence-electron chi connectivity index (χ1n) is 12.7. The highest BCUT2D eigenvalue weighted by molar-refractivity contribution is 6.02. The summed E-state index contributed by atoms with van der Waals surface area (Å²) in [6, 6.07) is -0.114. The summed E-state index contributed by atoms with van der Waals surface area (Å²) >= 11 is 0. The minimum atomic E-state index is -0.566. The fraction of sp³-hybridized carbons (Fsp3) is 0.654. The van der Waals surface area contributed by atoms with E-state index in [0.717, 1.165) is 25.5 Å². The molecule has 3 unspecified atom stereocenters. The van der Waals surface area contributed by atoms with E-state index in [1.54, 1.807) is 4.90 Å². The van der Waals surface area contributed by atoms with Crippen molar-refractivity contribution in [2.75, 3.05) is 25.1 Å². The Balaban J connectivity index is 1.65. The van der Waals surface area contributed by atoms with Crippen LogP contribution >= 0.6 is 0 Å². The molecule has 196 valence electrons. The molecule has 1 aliphatic heterocycles. The number of hydrogen-bond donors (Lipinski definition) is 0. The number of piperazine rings is 1. The molecule has 0 spiro atoms. The van der Waals surface area contributed by atoms with Crippen molar-refractivity contribution in [3.8, 4) is 0 Å². The first-order chi connectivity index (χ1) is 17.0. The third kappa shape index (κ3) is 5.03. The summed E-state index contributed by atoms with van der Waals surface area (Å²) in [6.45, 7) is 10.6. The molecule has 36 heavy (non-hydrogen) atoms. The second-order valence-electron chi connectivity index (χ2n) is 11.0. The maximum atomic E-state index is 12.8. The average Bonchev–Trinajstić information content (AvgIpc) is 3.23. The SMILES string of the molecule is COC(=O)C1CCCC(n2cc(C=O)c3c(N4C[C@H](C)N(C(=O)OC(C)(C)C)CC4C)ncnc32)C1. The first-order valence-corrected chi connectivity index (χ1v) is 12.7. The predicted octanol–water partition coefficient (Wildman–Crippen LogP) is 3.98. The number of esters is 1. The van der Waals surface area contributed by atoms with Gasteiger partial charge in [-0.1, -0.05) is 6.42 Å². The van der Waals surface area contributed by atoms with Crippen LogP contribution in [-0.2, 0) is 14.3 Å². The van der Waals surface area contributed by atoms with Crippen molar-refractivity contribution >= 4 is 35.2 Å². The summed E-state index contributed by atoms with van der Waals surface area (Å²) in [5.41, 5.74) is 0.645. The third-order valence-corrected chi connectivity index (χ3v) is 7.21. The van der Waals surface area contributed by atoms with E-state index in [1.807, 2.05) is 45.4 Å². The summed E-state index contributed by atoms with van der Waals surface area (Å²) in [5, 5.41) is 0.706. The van der Waals surface area contributed by atoms with Crippen LogP contribution in [0.3, 0.4) is 0 Å². The molecular weight excluding hydrogens is 462 g/mol. The number of amides is 1. The summed E-state index contributed by atoms with van der Waals surface area (Å²) < 4.78 is 12.6. The normalized spacial score (nSPS) is 25.1. The summed E-state index contributed by atoms with van der Waals surface area (Å²) in [7, 11) is 1.42. The Kier molecular flexibility index (Phi) is 7.24. The van der Waals surface area contributed by atoms with Gasteiger partial charge in [0.25, 0.3) is 0 Å². The second-order valence-corrected chi connectivity index (χ2v) is 11.0. The molecule has 0 radical (unpaired) electrons. The topological polar surface area (TPSA) is 107 Å². The number of fused-ring (bicyclic) bond motifs is 1. The molecule has 10 heteroatoms. The lowest BCUT2D eigenvalue weighted by Crippen LogP contribution is -2.59. The Labute approximate surface area is 211 Å². The molecule has 0 bridgehead atoms. The number of anilines is 1. The highest BCUT2D eigenvalue weighted by Crippen LogP contribution is 2.38. The Morgan fingerprint density at radius 3 is 2.53 bits per heavy atom. The van der Waals surface area contributed by atoms with Crippen LogP contribution in [0.1, 0.15) is 76.7 Å². The van der Waals surface area contributed by atoms with Crippen molar-refractivity contribution in [2.24, 2.45) is 5.92 Å². The minimum absolute atomic E-state index is 0.0437. The number of aromatic nitrogens is 3. The van der Waals surface area contributed by atoms with Crippen LogP contribution in [-0.4, -0.2) is 75.7 Å². The zero-order chi connectivity index (χ0) is 26.2. The van der Waals surface area contributed by atoms with Gasteiger partial charge in [0.2, 0.25) is 0 Å². The molecule has 10 nitrogen and oxygen atoms in total. The molecule has 2 aromatic rings. The summed E-state index contributed by atoms with van der Waals surface area (Å²) in [6.07, 6.45) is 7.14. The van der Waals surface area contributed by atoms with Gasteiger partial charge in [-0.15, -0.1) is 0 Å². The van der Waals surface area contributed by atoms with Gasteiger partial charge in [0.05, 0.1) is 18.4 Å². The molecule has 0 N–H and O–H groups in total. The van der Waals surface area contributed by atoms with Gasteiger partial charge in [-0.05, 0) is 53.9 Å². The Morgan fingerprint density at radius 1 is 1.11 bits per heavy atom. The second kappa shape index (κ2) is 10.1. The van der Waals surface area contributed by atoms with Crippen LogP contribution in [0.25, 0.3) is 11.0 Å². The van der Waals surface area contributed by atoms with Crippen molar-refractivity contribution in [2.45, 2.75) is 84.0 Å². The van der Waals surface area contributed by atoms with E-state index >= 15 is 0 Å². The molecule has 4 atom stereocenters. The molecule has 4 rings (SSSR count). The largest absolute Gasteiger partial charge is 0.469 e. The van der Waals surface area contributed by atoms with Crippen LogP contribution < -0.4 is 4.90 Å². The van der Waals surface area contributed by atoms with Gasteiger partial charge in [-0.25, -0.2) is 14.8 Å². The molecular formula is C26H37N5O5. The highest BCUT2D eigenvalue weighted by atomic mass is 16.6. The van der Waals surface area contributed by atoms with Gasteiger partial charge in [-0.3, -0.25) is 9.59 Å². The van der Waals surface area contributed by atoms with E-state index in [9.17, 15) is 14.4 Å². The van der Waals surface area contributed by atoms with Crippen LogP contribution in [0.5, 0.6) is 0 Å². The van der Waals surface area contributed by atoms with Crippen molar-refractivity contribution in [3.63, 3.8) is 0 Å². The average molecular weight is 500 g/mol. The van der Waals surface area contributed by atoms with E-state index in [-0.39, 0.29) is 36.1 Å². The number of rotatable bonds is 4. The number of carbonyl (C=O) groups is 3. The molecule has 1 saturated heterocycles. The molecule has 1 aliphatic carbocycles. The zero-order valence-corrected chi connectivity index (χ0v) is 22.1. The number of methoxy groups -OCH3 is 1. The van der Waals surface area contributed by atoms with Crippen LogP contribution in [0, 0.1) is 5.92 Å². The van der Waals surface area contributed by atoms with Gasteiger partial charge in [-0.2, -0.15) is 0 Å². The molecule has 3 heterocycles. The lowest BCUT2D eigenvalue weighted by atomic mass is 9.85. The molecule has 2 fully saturated rings. The number of hydrogen-bond acceptors (Lipinski definition) is 8. The first kappa shape index (κ1) is 25.9. The number of nitrogens with zero attached hydrogens (tertiary/aromatic N) is 5. The van der Waals surface area contributed by atoms with Crippen LogP contribution in [0.4, 0.5) is 10.6 Å².